The van der Waals surface area contributed by atoms with Gasteiger partial charge in [-0.15, -0.1) is 0 Å². The van der Waals surface area contributed by atoms with Crippen LogP contribution in [0.5, 0.6) is 0 Å². The smallest absolute Gasteiger partial charge is 0.405 e. The normalized spacial score (nSPS) is 11.0. The second-order valence-electron chi connectivity index (χ2n) is 2.31. The zero-order chi connectivity index (χ0) is 7.49. The van der Waals surface area contributed by atoms with E-state index in [1.165, 1.54) is 13.8 Å². The van der Waals surface area contributed by atoms with Crippen LogP contribution in [0.15, 0.2) is 0 Å². The molecule has 4 heteroatoms. The molecule has 1 amide bonds. The van der Waals surface area contributed by atoms with Gasteiger partial charge in [-0.2, -0.15) is 0 Å². The van der Waals surface area contributed by atoms with Crippen molar-refractivity contribution in [1.29, 1.82) is 0 Å². The van der Waals surface area contributed by atoms with E-state index in [1.807, 2.05) is 0 Å². The zero-order valence-electron chi connectivity index (χ0n) is 5.48. The fourth-order valence-electron chi connectivity index (χ4n) is 0.300. The molecule has 2 N–H and O–H groups in total. The SMILES string of the molecule is CC(C)(CF)OC(N)=O. The number of hydrogen-bond donors (Lipinski definition) is 1. The van der Waals surface area contributed by atoms with Gasteiger partial charge >= 0.3 is 6.09 Å². The van der Waals surface area contributed by atoms with Gasteiger partial charge in [0.15, 0.2) is 0 Å². The Hall–Kier alpha value is -0.800. The van der Waals surface area contributed by atoms with Crippen LogP contribution in [0.2, 0.25) is 0 Å². The van der Waals surface area contributed by atoms with Gasteiger partial charge in [-0.05, 0) is 13.8 Å². The molecule has 0 unspecified atom stereocenters. The van der Waals surface area contributed by atoms with Crippen LogP contribution in [-0.2, 0) is 4.74 Å². The van der Waals surface area contributed by atoms with Gasteiger partial charge in [-0.1, -0.05) is 0 Å². The van der Waals surface area contributed by atoms with Crippen LogP contribution in [0.25, 0.3) is 0 Å². The zero-order valence-corrected chi connectivity index (χ0v) is 5.48. The summed E-state index contributed by atoms with van der Waals surface area (Å²) in [5.41, 5.74) is 3.55. The molecule has 0 aliphatic carbocycles. The van der Waals surface area contributed by atoms with Crippen LogP contribution >= 0.6 is 0 Å². The highest BCUT2D eigenvalue weighted by atomic mass is 19.1. The Morgan fingerprint density at radius 2 is 2.22 bits per heavy atom. The van der Waals surface area contributed by atoms with E-state index in [-0.39, 0.29) is 0 Å². The maximum absolute atomic E-state index is 11.8. The molecule has 3 nitrogen and oxygen atoms in total. The monoisotopic (exact) mass is 135 g/mol. The van der Waals surface area contributed by atoms with Gasteiger partial charge in [0.2, 0.25) is 0 Å². The largest absolute Gasteiger partial charge is 0.441 e. The first-order valence-corrected chi connectivity index (χ1v) is 2.52. The summed E-state index contributed by atoms with van der Waals surface area (Å²) >= 11 is 0. The van der Waals surface area contributed by atoms with E-state index in [9.17, 15) is 9.18 Å². The quantitative estimate of drug-likeness (QED) is 0.609. The number of carbonyl (C=O) groups excluding carboxylic acids is 1. The van der Waals surface area contributed by atoms with Crippen molar-refractivity contribution < 1.29 is 13.9 Å². The van der Waals surface area contributed by atoms with Crippen molar-refractivity contribution >= 4 is 6.09 Å². The Labute approximate surface area is 53.0 Å². The molecule has 0 aromatic rings. The summed E-state index contributed by atoms with van der Waals surface area (Å²) < 4.78 is 16.1. The topological polar surface area (TPSA) is 52.3 Å². The number of carbonyl (C=O) groups is 1. The molecule has 0 radical (unpaired) electrons. The van der Waals surface area contributed by atoms with Crippen molar-refractivity contribution in [3.8, 4) is 0 Å². The summed E-state index contributed by atoms with van der Waals surface area (Å²) in [6.07, 6.45) is -0.947. The van der Waals surface area contributed by atoms with Crippen LogP contribution in [-0.4, -0.2) is 18.4 Å². The minimum atomic E-state index is -1.08. The van der Waals surface area contributed by atoms with Gasteiger partial charge < -0.3 is 10.5 Å². The Bertz CT molecular complexity index is 114. The van der Waals surface area contributed by atoms with E-state index < -0.39 is 18.4 Å². The standard InChI is InChI=1S/C5H10FNO2/c1-5(2,3-6)9-4(7)8/h3H2,1-2H3,(H2,7,8). The molecule has 0 aromatic carbocycles. The number of ether oxygens (including phenoxy) is 1. The summed E-state index contributed by atoms with van der Waals surface area (Å²) in [4.78, 5) is 10.0. The molecule has 0 aliphatic heterocycles. The highest BCUT2D eigenvalue weighted by molar-refractivity contribution is 5.65. The summed E-state index contributed by atoms with van der Waals surface area (Å²) in [6, 6.07) is 0. The van der Waals surface area contributed by atoms with Gasteiger partial charge in [-0.3, -0.25) is 0 Å². The summed E-state index contributed by atoms with van der Waals surface area (Å²) in [5.74, 6) is 0. The Morgan fingerprint density at radius 3 is 2.33 bits per heavy atom. The predicted octanol–water partition coefficient (Wildman–Crippen LogP) is 0.830. The maximum Gasteiger partial charge on any atom is 0.405 e. The molecule has 0 heterocycles. The van der Waals surface area contributed by atoms with Crippen molar-refractivity contribution in [3.63, 3.8) is 0 Å². The molecule has 0 atom stereocenters. The lowest BCUT2D eigenvalue weighted by molar-refractivity contribution is 0.0264. The Balaban J connectivity index is 3.71. The molecule has 0 aromatic heterocycles. The van der Waals surface area contributed by atoms with Gasteiger partial charge in [0.1, 0.15) is 12.3 Å². The van der Waals surface area contributed by atoms with Gasteiger partial charge in [0.05, 0.1) is 0 Å². The average Bonchev–Trinajstić information content (AvgIpc) is 1.63. The van der Waals surface area contributed by atoms with Gasteiger partial charge in [0.25, 0.3) is 0 Å². The van der Waals surface area contributed by atoms with E-state index >= 15 is 0 Å². The van der Waals surface area contributed by atoms with Crippen molar-refractivity contribution in [3.05, 3.63) is 0 Å². The lowest BCUT2D eigenvalue weighted by Gasteiger charge is -2.18. The lowest BCUT2D eigenvalue weighted by atomic mass is 10.2. The second-order valence-corrected chi connectivity index (χ2v) is 2.31. The minimum absolute atomic E-state index is 0.726. The van der Waals surface area contributed by atoms with Gasteiger partial charge in [0, 0.05) is 0 Å². The highest BCUT2D eigenvalue weighted by Crippen LogP contribution is 2.08. The van der Waals surface area contributed by atoms with E-state index in [2.05, 4.69) is 10.5 Å². The van der Waals surface area contributed by atoms with Crippen LogP contribution in [0.4, 0.5) is 9.18 Å². The third kappa shape index (κ3) is 3.76. The van der Waals surface area contributed by atoms with E-state index in [1.54, 1.807) is 0 Å². The Morgan fingerprint density at radius 1 is 1.78 bits per heavy atom. The number of nitrogens with two attached hydrogens (primary N) is 1. The molecule has 0 aliphatic rings. The number of alkyl halides is 1. The van der Waals surface area contributed by atoms with E-state index in [0.29, 0.717) is 0 Å². The molecular weight excluding hydrogens is 125 g/mol. The van der Waals surface area contributed by atoms with Crippen LogP contribution in [0.1, 0.15) is 13.8 Å². The number of hydrogen-bond acceptors (Lipinski definition) is 2. The molecular formula is C5H10FNO2. The van der Waals surface area contributed by atoms with Gasteiger partial charge in [-0.25, -0.2) is 9.18 Å². The first kappa shape index (κ1) is 8.20. The lowest BCUT2D eigenvalue weighted by Crippen LogP contribution is -2.32. The predicted molar refractivity (Wildman–Crippen MR) is 30.7 cm³/mol. The fraction of sp³-hybridized carbons (Fsp3) is 0.800. The molecule has 0 rings (SSSR count). The van der Waals surface area contributed by atoms with Crippen LogP contribution in [0.3, 0.4) is 0 Å². The number of halogens is 1. The van der Waals surface area contributed by atoms with Crippen molar-refractivity contribution in [2.24, 2.45) is 5.73 Å². The van der Waals surface area contributed by atoms with Crippen molar-refractivity contribution in [2.75, 3.05) is 6.67 Å². The average molecular weight is 135 g/mol. The molecule has 0 fully saturated rings. The number of amides is 1. The van der Waals surface area contributed by atoms with Crippen molar-refractivity contribution in [1.82, 2.24) is 0 Å². The third-order valence-electron chi connectivity index (χ3n) is 0.699. The molecule has 0 saturated carbocycles. The molecule has 0 saturated heterocycles. The first-order valence-electron chi connectivity index (χ1n) is 2.52. The van der Waals surface area contributed by atoms with Crippen LogP contribution < -0.4 is 5.73 Å². The maximum atomic E-state index is 11.8. The summed E-state index contributed by atoms with van der Waals surface area (Å²) in [7, 11) is 0. The minimum Gasteiger partial charge on any atom is -0.441 e. The third-order valence-corrected chi connectivity index (χ3v) is 0.699. The Kier molecular flexibility index (Phi) is 2.42. The summed E-state index contributed by atoms with van der Waals surface area (Å²) in [6.45, 7) is 2.16. The second kappa shape index (κ2) is 2.66. The van der Waals surface area contributed by atoms with Crippen molar-refractivity contribution in [2.45, 2.75) is 19.4 Å². The molecule has 9 heavy (non-hydrogen) atoms. The number of primary amides is 1. The summed E-state index contributed by atoms with van der Waals surface area (Å²) in [5, 5.41) is 0. The van der Waals surface area contributed by atoms with Crippen LogP contribution in [0, 0.1) is 0 Å². The molecule has 0 bridgehead atoms. The fourth-order valence-corrected chi connectivity index (χ4v) is 0.300. The molecule has 54 valence electrons. The van der Waals surface area contributed by atoms with E-state index in [0.717, 1.165) is 0 Å². The first-order chi connectivity index (χ1) is 3.98. The molecule has 0 spiro atoms. The van der Waals surface area contributed by atoms with E-state index in [4.69, 9.17) is 0 Å². The highest BCUT2D eigenvalue weighted by Gasteiger charge is 2.20. The number of rotatable bonds is 2.